The topological polar surface area (TPSA) is 48.2 Å². The van der Waals surface area contributed by atoms with Gasteiger partial charge in [0.25, 0.3) is 0 Å². The largest absolute Gasteiger partial charge is 0.424 e. The number of hydrogen-bond donors (Lipinski definition) is 0. The van der Waals surface area contributed by atoms with E-state index in [9.17, 15) is 0 Å². The summed E-state index contributed by atoms with van der Waals surface area (Å²) in [5, 5.41) is 8.75. The van der Waals surface area contributed by atoms with Crippen molar-refractivity contribution in [2.24, 2.45) is 5.92 Å². The minimum Gasteiger partial charge on any atom is -0.424 e. The summed E-state index contributed by atoms with van der Waals surface area (Å²) in [6.45, 7) is 3.69. The first kappa shape index (κ1) is 14.4. The number of nitrogens with zero attached hydrogens (tertiary/aromatic N) is 2. The molecule has 0 spiro atoms. The summed E-state index contributed by atoms with van der Waals surface area (Å²) in [5.74, 6) is 2.70. The maximum absolute atomic E-state index is 6.12. The molecule has 2 aromatic rings. The van der Waals surface area contributed by atoms with E-state index < -0.39 is 0 Å². The van der Waals surface area contributed by atoms with Crippen molar-refractivity contribution < 1.29 is 9.15 Å². The minimum absolute atomic E-state index is 0.206. The molecule has 0 unspecified atom stereocenters. The first-order valence-corrected chi connectivity index (χ1v) is 8.66. The quantitative estimate of drug-likeness (QED) is 0.826. The van der Waals surface area contributed by atoms with Gasteiger partial charge in [-0.25, -0.2) is 0 Å². The number of ether oxygens (including phenoxy) is 1. The summed E-state index contributed by atoms with van der Waals surface area (Å²) in [7, 11) is 0. The Hall–Kier alpha value is -1.20. The average Bonchev–Trinajstić information content (AvgIpc) is 3.08. The molecule has 22 heavy (non-hydrogen) atoms. The van der Waals surface area contributed by atoms with Gasteiger partial charge in [-0.3, -0.25) is 0 Å². The van der Waals surface area contributed by atoms with Gasteiger partial charge in [-0.2, -0.15) is 0 Å². The first-order chi connectivity index (χ1) is 10.7. The van der Waals surface area contributed by atoms with Crippen LogP contribution in [0.4, 0.5) is 0 Å². The lowest BCUT2D eigenvalue weighted by molar-refractivity contribution is 0.0540. The van der Waals surface area contributed by atoms with Crippen LogP contribution in [0.5, 0.6) is 0 Å². The highest BCUT2D eigenvalue weighted by atomic mass is 79.9. The van der Waals surface area contributed by atoms with Crippen LogP contribution in [0.15, 0.2) is 33.2 Å². The summed E-state index contributed by atoms with van der Waals surface area (Å²) in [6.07, 6.45) is 2.93. The maximum atomic E-state index is 6.12. The molecular weight excluding hydrogens is 344 g/mol. The molecule has 1 saturated heterocycles. The van der Waals surface area contributed by atoms with Gasteiger partial charge in [-0.05, 0) is 42.9 Å². The van der Waals surface area contributed by atoms with E-state index in [2.05, 4.69) is 57.3 Å². The summed E-state index contributed by atoms with van der Waals surface area (Å²) < 4.78 is 12.8. The Balaban J connectivity index is 1.74. The summed E-state index contributed by atoms with van der Waals surface area (Å²) in [4.78, 5) is 0. The van der Waals surface area contributed by atoms with Crippen molar-refractivity contribution in [2.75, 3.05) is 13.2 Å². The molecule has 4 nitrogen and oxygen atoms in total. The van der Waals surface area contributed by atoms with Gasteiger partial charge in [-0.15, -0.1) is 10.2 Å². The molecule has 0 amide bonds. The van der Waals surface area contributed by atoms with Crippen LogP contribution in [-0.2, 0) is 10.2 Å². The fourth-order valence-corrected chi connectivity index (χ4v) is 3.62. The van der Waals surface area contributed by atoms with Gasteiger partial charge in [0, 0.05) is 23.6 Å². The second kappa shape index (κ2) is 5.46. The zero-order chi connectivity index (χ0) is 15.2. The van der Waals surface area contributed by atoms with E-state index >= 15 is 0 Å². The van der Waals surface area contributed by atoms with Crippen LogP contribution in [0, 0.1) is 5.92 Å². The molecular formula is C17H19BrN2O2. The Labute approximate surface area is 138 Å². The fraction of sp³-hybridized carbons (Fsp3) is 0.529. The normalized spacial score (nSPS) is 26.8. The zero-order valence-electron chi connectivity index (χ0n) is 12.6. The second-order valence-electron chi connectivity index (χ2n) is 6.47. The molecule has 2 aliphatic rings. The van der Waals surface area contributed by atoms with Crippen LogP contribution in [0.1, 0.15) is 49.4 Å². The van der Waals surface area contributed by atoms with Gasteiger partial charge < -0.3 is 9.15 Å². The average molecular weight is 363 g/mol. The molecule has 0 N–H and O–H groups in total. The van der Waals surface area contributed by atoms with Gasteiger partial charge >= 0.3 is 0 Å². The molecule has 0 radical (unpaired) electrons. The summed E-state index contributed by atoms with van der Waals surface area (Å²) in [5.41, 5.74) is 1.03. The van der Waals surface area contributed by atoms with E-state index in [0.29, 0.717) is 11.8 Å². The highest BCUT2D eigenvalue weighted by Gasteiger charge is 2.44. The molecule has 5 heteroatoms. The lowest BCUT2D eigenvalue weighted by Crippen LogP contribution is -2.35. The number of aromatic nitrogens is 2. The van der Waals surface area contributed by atoms with Crippen LogP contribution in [0.25, 0.3) is 0 Å². The SMILES string of the molecule is C[C@@H]1C[C@@H]1c1nnc(C2(c3ccc(Br)cc3)CCOCC2)o1. The Morgan fingerprint density at radius 1 is 1.14 bits per heavy atom. The maximum Gasteiger partial charge on any atom is 0.227 e. The molecule has 2 heterocycles. The fourth-order valence-electron chi connectivity index (χ4n) is 3.36. The monoisotopic (exact) mass is 362 g/mol. The van der Waals surface area contributed by atoms with Crippen LogP contribution in [-0.4, -0.2) is 23.4 Å². The lowest BCUT2D eigenvalue weighted by Gasteiger charge is -2.34. The van der Waals surface area contributed by atoms with E-state index in [1.54, 1.807) is 0 Å². The molecule has 1 saturated carbocycles. The predicted molar refractivity (Wildman–Crippen MR) is 85.8 cm³/mol. The Morgan fingerprint density at radius 3 is 2.45 bits per heavy atom. The minimum atomic E-state index is -0.206. The van der Waals surface area contributed by atoms with Gasteiger partial charge in [0.05, 0.1) is 5.41 Å². The Bertz CT molecular complexity index is 662. The first-order valence-electron chi connectivity index (χ1n) is 7.87. The lowest BCUT2D eigenvalue weighted by atomic mass is 9.74. The highest BCUT2D eigenvalue weighted by Crippen LogP contribution is 2.48. The van der Waals surface area contributed by atoms with Crippen molar-refractivity contribution >= 4 is 15.9 Å². The number of halogens is 1. The third-order valence-electron chi connectivity index (χ3n) is 5.02. The summed E-state index contributed by atoms with van der Waals surface area (Å²) >= 11 is 3.51. The van der Waals surface area contributed by atoms with E-state index in [-0.39, 0.29) is 5.41 Å². The number of rotatable bonds is 3. The van der Waals surface area contributed by atoms with Crippen molar-refractivity contribution in [3.63, 3.8) is 0 Å². The number of benzene rings is 1. The van der Waals surface area contributed by atoms with Crippen molar-refractivity contribution in [3.8, 4) is 0 Å². The van der Waals surface area contributed by atoms with Gasteiger partial charge in [-0.1, -0.05) is 35.0 Å². The molecule has 1 aromatic carbocycles. The number of hydrogen-bond acceptors (Lipinski definition) is 4. The molecule has 1 aliphatic heterocycles. The predicted octanol–water partition coefficient (Wildman–Crippen LogP) is 4.05. The molecule has 116 valence electrons. The third kappa shape index (κ3) is 2.40. The third-order valence-corrected chi connectivity index (χ3v) is 5.55. The van der Waals surface area contributed by atoms with E-state index in [1.807, 2.05) is 0 Å². The molecule has 2 fully saturated rings. The Kier molecular flexibility index (Phi) is 3.57. The van der Waals surface area contributed by atoms with Crippen molar-refractivity contribution in [2.45, 2.75) is 37.5 Å². The zero-order valence-corrected chi connectivity index (χ0v) is 14.2. The van der Waals surface area contributed by atoms with Crippen molar-refractivity contribution in [1.29, 1.82) is 0 Å². The van der Waals surface area contributed by atoms with Crippen LogP contribution < -0.4 is 0 Å². The van der Waals surface area contributed by atoms with Crippen LogP contribution in [0.2, 0.25) is 0 Å². The standard InChI is InChI=1S/C17H19BrN2O2/c1-11-10-14(11)15-19-20-16(22-15)17(6-8-21-9-7-17)12-2-4-13(18)5-3-12/h2-5,11,14H,6-10H2,1H3/t11-,14+/m1/s1. The highest BCUT2D eigenvalue weighted by molar-refractivity contribution is 9.10. The van der Waals surface area contributed by atoms with E-state index in [1.165, 1.54) is 5.56 Å². The second-order valence-corrected chi connectivity index (χ2v) is 7.38. The smallest absolute Gasteiger partial charge is 0.227 e. The van der Waals surface area contributed by atoms with Crippen LogP contribution >= 0.6 is 15.9 Å². The van der Waals surface area contributed by atoms with Gasteiger partial charge in [0.15, 0.2) is 0 Å². The van der Waals surface area contributed by atoms with Gasteiger partial charge in [0.1, 0.15) is 0 Å². The Morgan fingerprint density at radius 2 is 1.82 bits per heavy atom. The van der Waals surface area contributed by atoms with E-state index in [0.717, 1.165) is 48.7 Å². The summed E-state index contributed by atoms with van der Waals surface area (Å²) in [6, 6.07) is 8.46. The van der Waals surface area contributed by atoms with Crippen molar-refractivity contribution in [3.05, 3.63) is 46.1 Å². The molecule has 4 rings (SSSR count). The van der Waals surface area contributed by atoms with Gasteiger partial charge in [0.2, 0.25) is 11.8 Å². The van der Waals surface area contributed by atoms with Crippen molar-refractivity contribution in [1.82, 2.24) is 10.2 Å². The van der Waals surface area contributed by atoms with E-state index in [4.69, 9.17) is 9.15 Å². The molecule has 0 bridgehead atoms. The molecule has 2 atom stereocenters. The van der Waals surface area contributed by atoms with Crippen LogP contribution in [0.3, 0.4) is 0 Å². The molecule has 1 aromatic heterocycles. The molecule has 1 aliphatic carbocycles.